The Bertz CT molecular complexity index is 6580. The Morgan fingerprint density at radius 2 is 0.640 bits per heavy atom. The lowest BCUT2D eigenvalue weighted by molar-refractivity contribution is 0.619. The van der Waals surface area contributed by atoms with Crippen LogP contribution in [0.2, 0.25) is 0 Å². The summed E-state index contributed by atoms with van der Waals surface area (Å²) >= 11 is 0. The van der Waals surface area contributed by atoms with Crippen LogP contribution in [0.15, 0.2) is 324 Å². The summed E-state index contributed by atoms with van der Waals surface area (Å²) in [5.41, 5.74) is 18.1. The molecule has 0 fully saturated rings. The van der Waals surface area contributed by atoms with Gasteiger partial charge in [0.25, 0.3) is 0 Å². The van der Waals surface area contributed by atoms with Gasteiger partial charge in [0.2, 0.25) is 11.8 Å². The van der Waals surface area contributed by atoms with Crippen LogP contribution in [0.1, 0.15) is 0 Å². The van der Waals surface area contributed by atoms with E-state index in [1.165, 1.54) is 0 Å². The van der Waals surface area contributed by atoms with Crippen LogP contribution in [-0.4, -0.2) is 49.0 Å². The summed E-state index contributed by atoms with van der Waals surface area (Å²) in [4.78, 5) is 41.3. The van der Waals surface area contributed by atoms with Crippen LogP contribution in [0.4, 0.5) is 0 Å². The fourth-order valence-electron chi connectivity index (χ4n) is 14.3. The topological polar surface area (TPSA) is 139 Å². The van der Waals surface area contributed by atoms with Crippen molar-refractivity contribution in [2.24, 2.45) is 0 Å². The number of hydrogen-bond acceptors (Lipinski definition) is 10. The molecule has 6 heterocycles. The molecule has 466 valence electrons. The lowest BCUT2D eigenvalue weighted by atomic mass is 9.92. The molecule has 14 aromatic carbocycles. The first-order chi connectivity index (χ1) is 49.5. The van der Waals surface area contributed by atoms with Crippen molar-refractivity contribution in [2.75, 3.05) is 0 Å². The van der Waals surface area contributed by atoms with Gasteiger partial charge in [0, 0.05) is 77.4 Å². The summed E-state index contributed by atoms with van der Waals surface area (Å²) in [6.45, 7) is 0. The number of oxazole rings is 2. The summed E-state index contributed by atoms with van der Waals surface area (Å²) in [6, 6.07) is 109. The lowest BCUT2D eigenvalue weighted by Crippen LogP contribution is -2.01. The number of fused-ring (bicyclic) bond motifs is 10. The van der Waals surface area contributed by atoms with Gasteiger partial charge in [0.05, 0.1) is 22.1 Å². The van der Waals surface area contributed by atoms with E-state index in [0.717, 1.165) is 149 Å². The van der Waals surface area contributed by atoms with Crippen molar-refractivity contribution in [1.82, 2.24) is 49.0 Å². The molecule has 0 bridgehead atoms. The molecule has 20 rings (SSSR count). The highest BCUT2D eigenvalue weighted by molar-refractivity contribution is 6.14. The third kappa shape index (κ3) is 9.53. The Hall–Kier alpha value is -13.8. The van der Waals surface area contributed by atoms with Crippen molar-refractivity contribution < 1.29 is 8.83 Å². The van der Waals surface area contributed by atoms with E-state index in [2.05, 4.69) is 215 Å². The molecule has 6 aromatic heterocycles. The maximum atomic E-state index is 6.80. The maximum Gasteiger partial charge on any atom is 0.228 e. The minimum Gasteiger partial charge on any atom is -0.436 e. The maximum absolute atomic E-state index is 6.80. The second-order valence-corrected chi connectivity index (χ2v) is 25.0. The standard InChI is InChI=1S/C88H52N10O2/c1-3-20-55(21-4-1)81-91-83(57-39-44-61(45-40-57)97-75-33-13-9-27-65(75)67-48-43-60(50-77(67)97)87-89-73-31-11-15-35-79(73)99-87)94-85(93-81)59-38-37-54-25-17-29-64(69(54)49-59)70-51-71-66-28-10-14-34-76(66)98(78(71)52-72(70)88-90-74-32-12-16-36-80(74)100-88)62-46-41-58(42-47-62)84-92-82(56-22-5-2-6-23-56)95-86(96-84)68-30-18-24-53-19-7-8-26-63(53)68/h1-52H. The van der Waals surface area contributed by atoms with Crippen molar-refractivity contribution in [3.63, 3.8) is 0 Å². The second kappa shape index (κ2) is 22.9. The molecule has 12 nitrogen and oxygen atoms in total. The summed E-state index contributed by atoms with van der Waals surface area (Å²) in [7, 11) is 0. The molecule has 0 atom stereocenters. The Balaban J connectivity index is 0.711. The fourth-order valence-corrected chi connectivity index (χ4v) is 14.3. The molecule has 100 heavy (non-hydrogen) atoms. The second-order valence-electron chi connectivity index (χ2n) is 25.0. The van der Waals surface area contributed by atoms with Crippen LogP contribution >= 0.6 is 0 Å². The molecule has 0 aliphatic rings. The monoisotopic (exact) mass is 1280 g/mol. The van der Waals surface area contributed by atoms with Crippen LogP contribution in [-0.2, 0) is 0 Å². The largest absolute Gasteiger partial charge is 0.436 e. The molecular formula is C88H52N10O2. The fraction of sp³-hybridized carbons (Fsp3) is 0. The number of hydrogen-bond donors (Lipinski definition) is 0. The molecule has 0 amide bonds. The molecule has 0 radical (unpaired) electrons. The lowest BCUT2D eigenvalue weighted by Gasteiger charge is -2.15. The van der Waals surface area contributed by atoms with Gasteiger partial charge < -0.3 is 18.0 Å². The average molecular weight is 1280 g/mol. The molecule has 0 aliphatic carbocycles. The number of aromatic nitrogens is 10. The minimum atomic E-state index is 0.507. The number of benzene rings is 14. The zero-order chi connectivity index (χ0) is 65.8. The summed E-state index contributed by atoms with van der Waals surface area (Å²) in [5.74, 6) is 4.53. The van der Waals surface area contributed by atoms with Gasteiger partial charge in [-0.3, -0.25) is 0 Å². The number of nitrogens with zero attached hydrogens (tertiary/aromatic N) is 10. The van der Waals surface area contributed by atoms with Crippen LogP contribution < -0.4 is 0 Å². The van der Waals surface area contributed by atoms with Gasteiger partial charge in [-0.25, -0.2) is 39.9 Å². The van der Waals surface area contributed by atoms with Gasteiger partial charge in [-0.15, -0.1) is 0 Å². The molecule has 0 saturated heterocycles. The first-order valence-electron chi connectivity index (χ1n) is 33.2. The van der Waals surface area contributed by atoms with E-state index in [4.69, 9.17) is 48.7 Å². The van der Waals surface area contributed by atoms with Crippen LogP contribution in [0, 0.1) is 0 Å². The Kier molecular flexibility index (Phi) is 13.0. The quantitative estimate of drug-likeness (QED) is 0.123. The summed E-state index contributed by atoms with van der Waals surface area (Å²) < 4.78 is 17.7. The highest BCUT2D eigenvalue weighted by atomic mass is 16.4. The molecule has 0 unspecified atom stereocenters. The normalized spacial score (nSPS) is 11.8. The van der Waals surface area contributed by atoms with Crippen molar-refractivity contribution in [3.05, 3.63) is 315 Å². The van der Waals surface area contributed by atoms with Crippen molar-refractivity contribution in [3.8, 4) is 114 Å². The minimum absolute atomic E-state index is 0.507. The van der Waals surface area contributed by atoms with Crippen molar-refractivity contribution >= 4 is 87.4 Å². The molecule has 0 aliphatic heterocycles. The van der Waals surface area contributed by atoms with E-state index in [9.17, 15) is 0 Å². The van der Waals surface area contributed by atoms with Crippen molar-refractivity contribution in [1.29, 1.82) is 0 Å². The molecule has 0 N–H and O–H groups in total. The van der Waals surface area contributed by atoms with E-state index < -0.39 is 0 Å². The van der Waals surface area contributed by atoms with Crippen LogP contribution in [0.25, 0.3) is 201 Å². The third-order valence-corrected chi connectivity index (χ3v) is 19.1. The Morgan fingerprint density at radius 1 is 0.210 bits per heavy atom. The first kappa shape index (κ1) is 56.5. The highest BCUT2D eigenvalue weighted by Gasteiger charge is 2.24. The summed E-state index contributed by atoms with van der Waals surface area (Å²) in [6.07, 6.45) is 0. The number of para-hydroxylation sites is 6. The van der Waals surface area contributed by atoms with Crippen LogP contribution in [0.3, 0.4) is 0 Å². The van der Waals surface area contributed by atoms with Crippen LogP contribution in [0.5, 0.6) is 0 Å². The smallest absolute Gasteiger partial charge is 0.228 e. The Morgan fingerprint density at radius 3 is 1.25 bits per heavy atom. The molecule has 0 saturated carbocycles. The van der Waals surface area contributed by atoms with Gasteiger partial charge in [-0.2, -0.15) is 0 Å². The molecule has 12 heteroatoms. The predicted molar refractivity (Wildman–Crippen MR) is 401 cm³/mol. The van der Waals surface area contributed by atoms with E-state index >= 15 is 0 Å². The van der Waals surface area contributed by atoms with Gasteiger partial charge >= 0.3 is 0 Å². The summed E-state index contributed by atoms with van der Waals surface area (Å²) in [5, 5.41) is 8.68. The number of rotatable bonds is 11. The molecular weight excluding hydrogens is 1230 g/mol. The van der Waals surface area contributed by atoms with E-state index in [1.54, 1.807) is 0 Å². The third-order valence-electron chi connectivity index (χ3n) is 19.1. The van der Waals surface area contributed by atoms with Crippen molar-refractivity contribution in [2.45, 2.75) is 0 Å². The molecule has 0 spiro atoms. The van der Waals surface area contributed by atoms with E-state index in [0.29, 0.717) is 52.3 Å². The van der Waals surface area contributed by atoms with Gasteiger partial charge in [0.1, 0.15) is 11.0 Å². The zero-order valence-electron chi connectivity index (χ0n) is 53.3. The zero-order valence-corrected chi connectivity index (χ0v) is 53.3. The Labute approximate surface area is 571 Å². The van der Waals surface area contributed by atoms with Gasteiger partial charge in [-0.1, -0.05) is 200 Å². The first-order valence-corrected chi connectivity index (χ1v) is 33.2. The van der Waals surface area contributed by atoms with E-state index in [1.807, 2.05) is 109 Å². The van der Waals surface area contributed by atoms with Gasteiger partial charge in [0.15, 0.2) is 46.1 Å². The SMILES string of the molecule is c1ccc(-c2nc(-c3ccc(-n4c5ccccc5c5ccc(-c6nc7ccccc7o6)cc54)cc3)nc(-c3ccc4cccc(-c5cc6c7ccccc7n(-c7ccc(-c8nc(-c9ccccc9)nc(-c9cccc%10ccccc9%10)n8)cc7)c6cc5-c5nc6ccccc6o5)c4c3)n2)cc1. The predicted octanol–water partition coefficient (Wildman–Crippen LogP) is 21.8. The van der Waals surface area contributed by atoms with E-state index in [-0.39, 0.29) is 0 Å². The highest BCUT2D eigenvalue weighted by Crippen LogP contribution is 2.45. The molecule has 20 aromatic rings. The van der Waals surface area contributed by atoms with Gasteiger partial charge in [-0.05, 0) is 148 Å². The average Bonchev–Trinajstić information content (AvgIpc) is 1.55.